The van der Waals surface area contributed by atoms with Crippen LogP contribution in [0.5, 0.6) is 0 Å². The minimum absolute atomic E-state index is 0.357. The number of hydrazine groups is 1. The number of fused-ring (bicyclic) bond motifs is 1. The second-order valence-electron chi connectivity index (χ2n) is 5.95. The van der Waals surface area contributed by atoms with E-state index >= 15 is 0 Å². The fourth-order valence-corrected chi connectivity index (χ4v) is 3.40. The Balaban J connectivity index is 2.19. The highest BCUT2D eigenvalue weighted by Crippen LogP contribution is 2.45. The zero-order chi connectivity index (χ0) is 22.1. The van der Waals surface area contributed by atoms with Crippen molar-refractivity contribution in [1.29, 1.82) is 0 Å². The summed E-state index contributed by atoms with van der Waals surface area (Å²) in [6.07, 6.45) is -13.3. The molecule has 0 saturated carbocycles. The van der Waals surface area contributed by atoms with Crippen molar-refractivity contribution in [3.8, 4) is 0 Å². The molecule has 0 aromatic heterocycles. The first kappa shape index (κ1) is 22.7. The van der Waals surface area contributed by atoms with Crippen LogP contribution in [0.4, 0.5) is 31.1 Å². The molecule has 0 aliphatic heterocycles. The summed E-state index contributed by atoms with van der Waals surface area (Å²) in [6, 6.07) is 8.44. The monoisotopic (exact) mass is 443 g/mol. The number of nitrogens with one attached hydrogen (secondary N) is 3. The van der Waals surface area contributed by atoms with Gasteiger partial charge in [-0.3, -0.25) is 5.43 Å². The molecule has 0 spiro atoms. The highest BCUT2D eigenvalue weighted by Gasteiger charge is 2.70. The van der Waals surface area contributed by atoms with Crippen LogP contribution in [0.2, 0.25) is 0 Å². The zero-order valence-corrected chi connectivity index (χ0v) is 15.5. The van der Waals surface area contributed by atoms with Gasteiger partial charge in [-0.1, -0.05) is 37.3 Å². The summed E-state index contributed by atoms with van der Waals surface area (Å²) in [7, 11) is -4.46. The number of carbonyl (C=O) groups excluding carboxylic acids is 1. The number of amides is 2. The van der Waals surface area contributed by atoms with Gasteiger partial charge in [-0.05, 0) is 29.3 Å². The molecule has 6 nitrogen and oxygen atoms in total. The van der Waals surface area contributed by atoms with Crippen molar-refractivity contribution in [3.63, 3.8) is 0 Å². The van der Waals surface area contributed by atoms with Crippen molar-refractivity contribution in [2.75, 3.05) is 0 Å². The number of alkyl halides is 6. The predicted octanol–water partition coefficient (Wildman–Crippen LogP) is 3.61. The third-order valence-corrected chi connectivity index (χ3v) is 5.40. The van der Waals surface area contributed by atoms with Crippen molar-refractivity contribution in [1.82, 2.24) is 15.6 Å². The largest absolute Gasteiger partial charge is 0.420 e. The Morgan fingerprint density at radius 3 is 2.00 bits per heavy atom. The minimum atomic E-state index is -5.87. The maximum Gasteiger partial charge on any atom is 0.420 e. The Labute approximate surface area is 161 Å². The van der Waals surface area contributed by atoms with Gasteiger partial charge in [0.25, 0.3) is 10.0 Å². The number of hydrogen-bond acceptors (Lipinski definition) is 3. The van der Waals surface area contributed by atoms with Crippen LogP contribution < -0.4 is 15.6 Å². The van der Waals surface area contributed by atoms with Gasteiger partial charge < -0.3 is 5.32 Å². The molecule has 3 N–H and O–H groups in total. The van der Waals surface area contributed by atoms with E-state index in [1.165, 1.54) is 22.4 Å². The SMILES string of the molecule is CCC(NC(=O)NNS(=O)(=O)c1ccc2ccccc2c1)(C(F)(F)F)C(F)(F)F. The second-order valence-corrected chi connectivity index (χ2v) is 7.63. The molecule has 0 unspecified atom stereocenters. The standard InChI is InChI=1S/C16H15F6N3O3S/c1-2-14(15(17,18)19,16(20,21)22)23-13(26)24-25-29(27,28)12-8-7-10-5-3-4-6-11(10)9-12/h3-9,25H,2H2,1H3,(H2,23,24,26). The van der Waals surface area contributed by atoms with E-state index in [0.717, 1.165) is 11.4 Å². The smallest absolute Gasteiger partial charge is 0.315 e. The topological polar surface area (TPSA) is 87.3 Å². The number of halogens is 6. The van der Waals surface area contributed by atoms with Crippen LogP contribution in [0.15, 0.2) is 47.4 Å². The van der Waals surface area contributed by atoms with Crippen LogP contribution in [0, 0.1) is 0 Å². The van der Waals surface area contributed by atoms with E-state index in [2.05, 4.69) is 0 Å². The van der Waals surface area contributed by atoms with E-state index in [4.69, 9.17) is 0 Å². The number of carbonyl (C=O) groups is 1. The molecule has 0 atom stereocenters. The van der Waals surface area contributed by atoms with Gasteiger partial charge in [-0.25, -0.2) is 13.2 Å². The van der Waals surface area contributed by atoms with Gasteiger partial charge >= 0.3 is 18.4 Å². The van der Waals surface area contributed by atoms with Crippen LogP contribution >= 0.6 is 0 Å². The average Bonchev–Trinajstić information content (AvgIpc) is 2.62. The summed E-state index contributed by atoms with van der Waals surface area (Å²) < 4.78 is 103. The molecule has 0 radical (unpaired) electrons. The van der Waals surface area contributed by atoms with Crippen LogP contribution in [0.25, 0.3) is 10.8 Å². The molecule has 0 heterocycles. The number of benzene rings is 2. The van der Waals surface area contributed by atoms with E-state index < -0.39 is 40.4 Å². The Morgan fingerprint density at radius 1 is 0.931 bits per heavy atom. The summed E-state index contributed by atoms with van der Waals surface area (Å²) in [5, 5.41) is 1.99. The quantitative estimate of drug-likeness (QED) is 0.488. The fraction of sp³-hybridized carbons (Fsp3) is 0.312. The van der Waals surface area contributed by atoms with Crippen LogP contribution in [-0.4, -0.2) is 32.3 Å². The number of rotatable bonds is 5. The van der Waals surface area contributed by atoms with Gasteiger partial charge in [0, 0.05) is 0 Å². The maximum absolute atomic E-state index is 13.0. The highest BCUT2D eigenvalue weighted by molar-refractivity contribution is 7.89. The summed E-state index contributed by atoms with van der Waals surface area (Å²) in [6.45, 7) is 0.584. The lowest BCUT2D eigenvalue weighted by Gasteiger charge is -2.36. The van der Waals surface area contributed by atoms with Gasteiger partial charge in [-0.2, -0.15) is 26.3 Å². The van der Waals surface area contributed by atoms with Gasteiger partial charge in [0.1, 0.15) is 0 Å². The van der Waals surface area contributed by atoms with E-state index in [0.29, 0.717) is 17.7 Å². The van der Waals surface area contributed by atoms with Crippen LogP contribution in [0.3, 0.4) is 0 Å². The molecule has 29 heavy (non-hydrogen) atoms. The normalized spacial score (nSPS) is 13.3. The molecule has 0 aliphatic rings. The maximum atomic E-state index is 13.0. The number of urea groups is 1. The summed E-state index contributed by atoms with van der Waals surface area (Å²) in [4.78, 5) is 12.8. The van der Waals surface area contributed by atoms with Gasteiger partial charge in [0.2, 0.25) is 5.54 Å². The lowest BCUT2D eigenvalue weighted by Crippen LogP contribution is -2.69. The lowest BCUT2D eigenvalue weighted by atomic mass is 9.94. The molecule has 0 saturated heterocycles. The Hall–Kier alpha value is -2.54. The molecule has 13 heteroatoms. The minimum Gasteiger partial charge on any atom is -0.315 e. The summed E-state index contributed by atoms with van der Waals surface area (Å²) in [5.41, 5.74) is -3.23. The van der Waals surface area contributed by atoms with Crippen molar-refractivity contribution in [2.24, 2.45) is 0 Å². The van der Waals surface area contributed by atoms with Gasteiger partial charge in [0.15, 0.2) is 0 Å². The summed E-state index contributed by atoms with van der Waals surface area (Å²) >= 11 is 0. The molecule has 0 fully saturated rings. The molecule has 2 amide bonds. The fourth-order valence-electron chi connectivity index (χ4n) is 2.52. The number of sulfonamides is 1. The first-order valence-corrected chi connectivity index (χ1v) is 9.44. The first-order chi connectivity index (χ1) is 13.2. The third kappa shape index (κ3) is 4.56. The molecule has 2 rings (SSSR count). The molecular formula is C16H15F6N3O3S. The number of hydrogen-bond donors (Lipinski definition) is 3. The van der Waals surface area contributed by atoms with E-state index in [-0.39, 0.29) is 4.90 Å². The van der Waals surface area contributed by atoms with Crippen LogP contribution in [0.1, 0.15) is 13.3 Å². The van der Waals surface area contributed by atoms with Crippen molar-refractivity contribution >= 4 is 26.8 Å². The zero-order valence-electron chi connectivity index (χ0n) is 14.6. The Morgan fingerprint density at radius 2 is 1.48 bits per heavy atom. The van der Waals surface area contributed by atoms with Gasteiger partial charge in [-0.15, -0.1) is 4.83 Å². The predicted molar refractivity (Wildman–Crippen MR) is 91.1 cm³/mol. The molecular weight excluding hydrogens is 428 g/mol. The average molecular weight is 443 g/mol. The van der Waals surface area contributed by atoms with Crippen molar-refractivity contribution in [3.05, 3.63) is 42.5 Å². The highest BCUT2D eigenvalue weighted by atomic mass is 32.2. The lowest BCUT2D eigenvalue weighted by molar-refractivity contribution is -0.304. The Kier molecular flexibility index (Phi) is 6.04. The van der Waals surface area contributed by atoms with E-state index in [9.17, 15) is 39.6 Å². The molecule has 0 aliphatic carbocycles. The van der Waals surface area contributed by atoms with E-state index in [1.54, 1.807) is 24.3 Å². The van der Waals surface area contributed by atoms with Crippen molar-refractivity contribution in [2.45, 2.75) is 36.1 Å². The molecule has 2 aromatic rings. The second kappa shape index (κ2) is 7.71. The third-order valence-electron chi connectivity index (χ3n) is 4.16. The van der Waals surface area contributed by atoms with Gasteiger partial charge in [0.05, 0.1) is 4.90 Å². The van der Waals surface area contributed by atoms with Crippen LogP contribution in [-0.2, 0) is 10.0 Å². The Bertz CT molecular complexity index is 991. The molecule has 0 bridgehead atoms. The van der Waals surface area contributed by atoms with E-state index in [1.807, 2.05) is 0 Å². The first-order valence-electron chi connectivity index (χ1n) is 7.96. The van der Waals surface area contributed by atoms with Crippen molar-refractivity contribution < 1.29 is 39.6 Å². The molecule has 160 valence electrons. The summed E-state index contributed by atoms with van der Waals surface area (Å²) in [5.74, 6) is 0. The molecule has 2 aromatic carbocycles.